The number of rotatable bonds is 8. The van der Waals surface area contributed by atoms with Crippen LogP contribution in [0.3, 0.4) is 0 Å². The number of carbonyl (C=O) groups excluding carboxylic acids is 2. The lowest BCUT2D eigenvalue weighted by Crippen LogP contribution is -2.49. The van der Waals surface area contributed by atoms with Gasteiger partial charge in [-0.25, -0.2) is 4.39 Å². The summed E-state index contributed by atoms with van der Waals surface area (Å²) in [6, 6.07) is 11.2. The zero-order valence-corrected chi connectivity index (χ0v) is 19.5. The molecule has 1 atom stereocenters. The van der Waals surface area contributed by atoms with Crippen molar-refractivity contribution in [1.82, 2.24) is 30.4 Å². The molecule has 0 bridgehead atoms. The van der Waals surface area contributed by atoms with E-state index in [9.17, 15) is 14.0 Å². The predicted octanol–water partition coefficient (Wildman–Crippen LogP) is 3.35. The van der Waals surface area contributed by atoms with Crippen LogP contribution in [-0.2, 0) is 22.7 Å². The molecule has 0 fully saturated rings. The molecular formula is C24H25FN6O4. The molecule has 4 aromatic rings. The van der Waals surface area contributed by atoms with Gasteiger partial charge < -0.3 is 19.1 Å². The van der Waals surface area contributed by atoms with Crippen molar-refractivity contribution >= 4 is 11.8 Å². The molecule has 1 N–H and O–H groups in total. The SMILES string of the molecule is CC(C)(C)NC(=O)[C@H](c1ccco1)N(Cc1ccco1)C(=O)Cn1nnc(-c2ccc(F)cc2)n1. The Hall–Kier alpha value is -4.28. The van der Waals surface area contributed by atoms with Crippen LogP contribution < -0.4 is 5.32 Å². The zero-order chi connectivity index (χ0) is 25.0. The number of nitrogens with one attached hydrogen (secondary N) is 1. The maximum atomic E-state index is 13.5. The van der Waals surface area contributed by atoms with Crippen molar-refractivity contribution < 1.29 is 22.8 Å². The Balaban J connectivity index is 1.63. The number of halogens is 1. The molecule has 182 valence electrons. The number of aromatic nitrogens is 4. The highest BCUT2D eigenvalue weighted by Gasteiger charge is 2.36. The van der Waals surface area contributed by atoms with E-state index < -0.39 is 23.4 Å². The third kappa shape index (κ3) is 5.99. The maximum Gasteiger partial charge on any atom is 0.251 e. The van der Waals surface area contributed by atoms with E-state index in [1.807, 2.05) is 20.8 Å². The molecule has 0 spiro atoms. The lowest BCUT2D eigenvalue weighted by Gasteiger charge is -2.31. The third-order valence-corrected chi connectivity index (χ3v) is 4.93. The lowest BCUT2D eigenvalue weighted by molar-refractivity contribution is -0.144. The normalized spacial score (nSPS) is 12.3. The molecular weight excluding hydrogens is 455 g/mol. The van der Waals surface area contributed by atoms with E-state index in [2.05, 4.69) is 20.7 Å². The second-order valence-corrected chi connectivity index (χ2v) is 8.91. The number of amides is 2. The zero-order valence-electron chi connectivity index (χ0n) is 19.5. The molecule has 1 aromatic carbocycles. The summed E-state index contributed by atoms with van der Waals surface area (Å²) in [6.07, 6.45) is 2.93. The summed E-state index contributed by atoms with van der Waals surface area (Å²) in [4.78, 5) is 29.3. The Morgan fingerprint density at radius 1 is 1.09 bits per heavy atom. The smallest absolute Gasteiger partial charge is 0.251 e. The molecule has 4 rings (SSSR count). The summed E-state index contributed by atoms with van der Waals surface area (Å²) in [5, 5.41) is 15.0. The van der Waals surface area contributed by atoms with E-state index in [0.29, 0.717) is 17.1 Å². The van der Waals surface area contributed by atoms with Gasteiger partial charge in [0.1, 0.15) is 23.9 Å². The molecule has 3 heterocycles. The molecule has 0 aliphatic carbocycles. The molecule has 11 heteroatoms. The van der Waals surface area contributed by atoms with E-state index in [1.54, 1.807) is 24.3 Å². The monoisotopic (exact) mass is 480 g/mol. The van der Waals surface area contributed by atoms with Crippen LogP contribution in [0, 0.1) is 5.82 Å². The van der Waals surface area contributed by atoms with E-state index in [0.717, 1.165) is 4.80 Å². The molecule has 0 radical (unpaired) electrons. The highest BCUT2D eigenvalue weighted by atomic mass is 19.1. The number of nitrogens with zero attached hydrogens (tertiary/aromatic N) is 5. The largest absolute Gasteiger partial charge is 0.467 e. The molecule has 35 heavy (non-hydrogen) atoms. The fourth-order valence-corrected chi connectivity index (χ4v) is 3.44. The van der Waals surface area contributed by atoms with Crippen LogP contribution in [0.25, 0.3) is 11.4 Å². The van der Waals surface area contributed by atoms with Crippen LogP contribution in [0.1, 0.15) is 38.3 Å². The maximum absolute atomic E-state index is 13.5. The first-order chi connectivity index (χ1) is 16.7. The molecule has 2 amide bonds. The minimum Gasteiger partial charge on any atom is -0.467 e. The van der Waals surface area contributed by atoms with Crippen LogP contribution in [0.5, 0.6) is 0 Å². The first-order valence-corrected chi connectivity index (χ1v) is 10.9. The fraction of sp³-hybridized carbons (Fsp3) is 0.292. The first-order valence-electron chi connectivity index (χ1n) is 10.9. The van der Waals surface area contributed by atoms with Gasteiger partial charge in [-0.1, -0.05) is 0 Å². The fourth-order valence-electron chi connectivity index (χ4n) is 3.44. The minimum atomic E-state index is -1.07. The van der Waals surface area contributed by atoms with Crippen LogP contribution in [0.15, 0.2) is 69.9 Å². The van der Waals surface area contributed by atoms with Crippen molar-refractivity contribution in [2.75, 3.05) is 0 Å². The Kier molecular flexibility index (Phi) is 6.76. The van der Waals surface area contributed by atoms with Crippen LogP contribution in [0.4, 0.5) is 4.39 Å². The van der Waals surface area contributed by atoms with Crippen molar-refractivity contribution in [1.29, 1.82) is 0 Å². The molecule has 10 nitrogen and oxygen atoms in total. The summed E-state index contributed by atoms with van der Waals surface area (Å²) in [5.41, 5.74) is 0.00863. The van der Waals surface area contributed by atoms with Crippen molar-refractivity contribution in [2.24, 2.45) is 0 Å². The molecule has 0 saturated carbocycles. The van der Waals surface area contributed by atoms with Gasteiger partial charge in [-0.05, 0) is 74.5 Å². The van der Waals surface area contributed by atoms with Crippen molar-refractivity contribution in [3.8, 4) is 11.4 Å². The summed E-state index contributed by atoms with van der Waals surface area (Å²) < 4.78 is 24.2. The number of benzene rings is 1. The molecule has 0 aliphatic heterocycles. The Morgan fingerprint density at radius 3 is 2.43 bits per heavy atom. The van der Waals surface area contributed by atoms with Crippen LogP contribution in [-0.4, -0.2) is 42.5 Å². The van der Waals surface area contributed by atoms with Crippen LogP contribution >= 0.6 is 0 Å². The van der Waals surface area contributed by atoms with Crippen LogP contribution in [0.2, 0.25) is 0 Å². The second-order valence-electron chi connectivity index (χ2n) is 8.91. The molecule has 0 unspecified atom stereocenters. The Bertz CT molecular complexity index is 1260. The van der Waals surface area contributed by atoms with Crippen molar-refractivity contribution in [2.45, 2.75) is 45.4 Å². The van der Waals surface area contributed by atoms with Gasteiger partial charge in [0, 0.05) is 11.1 Å². The lowest BCUT2D eigenvalue weighted by atomic mass is 10.1. The number of hydrogen-bond acceptors (Lipinski definition) is 7. The summed E-state index contributed by atoms with van der Waals surface area (Å²) >= 11 is 0. The number of hydrogen-bond donors (Lipinski definition) is 1. The van der Waals surface area contributed by atoms with Gasteiger partial charge in [0.15, 0.2) is 6.04 Å². The van der Waals surface area contributed by atoms with Gasteiger partial charge in [-0.15, -0.1) is 10.2 Å². The molecule has 0 saturated heterocycles. The van der Waals surface area contributed by atoms with Gasteiger partial charge >= 0.3 is 0 Å². The topological polar surface area (TPSA) is 119 Å². The summed E-state index contributed by atoms with van der Waals surface area (Å²) in [5.74, 6) is -0.242. The standard InChI is InChI=1S/C24H25FN6O4/c1-24(2,3)26-23(33)21(19-7-5-13-35-19)30(14-18-6-4-12-34-18)20(32)15-31-28-22(27-29-31)16-8-10-17(25)11-9-16/h4-13,21H,14-15H2,1-3H3,(H,26,33)/t21-/m0/s1. The van der Waals surface area contributed by atoms with Gasteiger partial charge in [-0.3, -0.25) is 9.59 Å². The highest BCUT2D eigenvalue weighted by molar-refractivity contribution is 5.88. The van der Waals surface area contributed by atoms with E-state index in [-0.39, 0.29) is 24.7 Å². The number of carbonyl (C=O) groups is 2. The van der Waals surface area contributed by atoms with E-state index in [4.69, 9.17) is 8.83 Å². The third-order valence-electron chi connectivity index (χ3n) is 4.93. The highest BCUT2D eigenvalue weighted by Crippen LogP contribution is 2.26. The average molecular weight is 481 g/mol. The Morgan fingerprint density at radius 2 is 1.80 bits per heavy atom. The molecule has 0 aliphatic rings. The minimum absolute atomic E-state index is 0.00821. The predicted molar refractivity (Wildman–Crippen MR) is 122 cm³/mol. The summed E-state index contributed by atoms with van der Waals surface area (Å²) in [7, 11) is 0. The van der Waals surface area contributed by atoms with Crippen molar-refractivity contribution in [3.63, 3.8) is 0 Å². The van der Waals surface area contributed by atoms with E-state index >= 15 is 0 Å². The van der Waals surface area contributed by atoms with Gasteiger partial charge in [0.05, 0.1) is 19.1 Å². The van der Waals surface area contributed by atoms with Gasteiger partial charge in [-0.2, -0.15) is 4.80 Å². The van der Waals surface area contributed by atoms with Crippen molar-refractivity contribution in [3.05, 3.63) is 78.4 Å². The van der Waals surface area contributed by atoms with Gasteiger partial charge in [0.2, 0.25) is 11.7 Å². The first kappa shape index (κ1) is 23.9. The van der Waals surface area contributed by atoms with Gasteiger partial charge in [0.25, 0.3) is 5.91 Å². The molecule has 3 aromatic heterocycles. The summed E-state index contributed by atoms with van der Waals surface area (Å²) in [6.45, 7) is 5.25. The second kappa shape index (κ2) is 9.92. The average Bonchev–Trinajstić information content (AvgIpc) is 3.56. The van der Waals surface area contributed by atoms with E-state index in [1.165, 1.54) is 41.7 Å². The Labute approximate surface area is 200 Å². The number of furan rings is 2. The quantitative estimate of drug-likeness (QED) is 0.411. The number of tetrazole rings is 1.